The summed E-state index contributed by atoms with van der Waals surface area (Å²) in [5.74, 6) is -0.204. The molecule has 2 aromatic carbocycles. The third-order valence-electron chi connectivity index (χ3n) is 3.52. The molecule has 0 bridgehead atoms. The molecule has 0 aromatic heterocycles. The molecular formula is C17H21FN2. The van der Waals surface area contributed by atoms with Crippen LogP contribution in [-0.2, 0) is 6.54 Å². The first-order valence-electron chi connectivity index (χ1n) is 6.92. The molecule has 0 amide bonds. The van der Waals surface area contributed by atoms with Gasteiger partial charge < -0.3 is 10.6 Å². The average molecular weight is 272 g/mol. The highest BCUT2D eigenvalue weighted by molar-refractivity contribution is 5.54. The fraction of sp³-hybridized carbons (Fsp3) is 0.294. The van der Waals surface area contributed by atoms with Crippen LogP contribution in [0.25, 0.3) is 0 Å². The number of para-hydroxylation sites is 1. The van der Waals surface area contributed by atoms with E-state index in [-0.39, 0.29) is 11.9 Å². The predicted molar refractivity (Wildman–Crippen MR) is 82.2 cm³/mol. The molecule has 0 fully saturated rings. The number of rotatable bonds is 5. The molecule has 1 atom stereocenters. The van der Waals surface area contributed by atoms with E-state index in [0.717, 1.165) is 29.8 Å². The summed E-state index contributed by atoms with van der Waals surface area (Å²) in [5.41, 5.74) is 9.53. The third-order valence-corrected chi connectivity index (χ3v) is 3.52. The van der Waals surface area contributed by atoms with Gasteiger partial charge in [0.2, 0.25) is 0 Å². The lowest BCUT2D eigenvalue weighted by Crippen LogP contribution is -2.20. The fourth-order valence-corrected chi connectivity index (χ4v) is 2.32. The summed E-state index contributed by atoms with van der Waals surface area (Å²) in [4.78, 5) is 2.15. The zero-order chi connectivity index (χ0) is 14.5. The lowest BCUT2D eigenvalue weighted by molar-refractivity contribution is 0.627. The molecule has 2 aromatic rings. The van der Waals surface area contributed by atoms with Gasteiger partial charge in [-0.3, -0.25) is 0 Å². The number of benzene rings is 2. The van der Waals surface area contributed by atoms with E-state index in [0.29, 0.717) is 0 Å². The molecule has 0 radical (unpaired) electrons. The molecule has 0 aliphatic heterocycles. The Morgan fingerprint density at radius 1 is 1.10 bits per heavy atom. The third kappa shape index (κ3) is 3.36. The molecule has 0 aliphatic carbocycles. The number of anilines is 1. The lowest BCUT2D eigenvalue weighted by Gasteiger charge is -2.24. The minimum absolute atomic E-state index is 0.0434. The van der Waals surface area contributed by atoms with Crippen molar-refractivity contribution in [1.29, 1.82) is 0 Å². The van der Waals surface area contributed by atoms with Crippen LogP contribution in [-0.4, -0.2) is 7.05 Å². The number of hydrogen-bond acceptors (Lipinski definition) is 2. The van der Waals surface area contributed by atoms with Crippen LogP contribution in [0.2, 0.25) is 0 Å². The first-order chi connectivity index (χ1) is 9.61. The van der Waals surface area contributed by atoms with Crippen LogP contribution in [0.5, 0.6) is 0 Å². The maximum atomic E-state index is 12.9. The van der Waals surface area contributed by atoms with E-state index in [1.54, 1.807) is 0 Å². The van der Waals surface area contributed by atoms with Gasteiger partial charge in [-0.15, -0.1) is 0 Å². The van der Waals surface area contributed by atoms with Gasteiger partial charge in [0.1, 0.15) is 5.82 Å². The standard InChI is InChI=1S/C17H21FN2/c1-3-16(19)15-6-4-5-7-17(15)20(2)12-13-8-10-14(18)11-9-13/h4-11,16H,3,12,19H2,1-2H3. The molecule has 0 saturated carbocycles. The number of hydrogen-bond donors (Lipinski definition) is 1. The van der Waals surface area contributed by atoms with Crippen molar-refractivity contribution in [3.63, 3.8) is 0 Å². The summed E-state index contributed by atoms with van der Waals surface area (Å²) in [5, 5.41) is 0. The quantitative estimate of drug-likeness (QED) is 0.895. The monoisotopic (exact) mass is 272 g/mol. The van der Waals surface area contributed by atoms with E-state index in [2.05, 4.69) is 24.0 Å². The molecule has 0 spiro atoms. The second kappa shape index (κ2) is 6.53. The minimum atomic E-state index is -0.204. The van der Waals surface area contributed by atoms with Crippen molar-refractivity contribution < 1.29 is 4.39 Å². The summed E-state index contributed by atoms with van der Waals surface area (Å²) < 4.78 is 12.9. The van der Waals surface area contributed by atoms with E-state index in [1.807, 2.05) is 31.3 Å². The van der Waals surface area contributed by atoms with Crippen LogP contribution in [0.4, 0.5) is 10.1 Å². The SMILES string of the molecule is CCC(N)c1ccccc1N(C)Cc1ccc(F)cc1. The van der Waals surface area contributed by atoms with E-state index in [9.17, 15) is 4.39 Å². The number of nitrogens with zero attached hydrogens (tertiary/aromatic N) is 1. The fourth-order valence-electron chi connectivity index (χ4n) is 2.32. The first-order valence-corrected chi connectivity index (χ1v) is 6.92. The number of halogens is 1. The van der Waals surface area contributed by atoms with Crippen LogP contribution in [0.1, 0.15) is 30.5 Å². The second-order valence-electron chi connectivity index (χ2n) is 5.06. The van der Waals surface area contributed by atoms with Gasteiger partial charge in [-0.2, -0.15) is 0 Å². The molecule has 0 saturated heterocycles. The van der Waals surface area contributed by atoms with Gasteiger partial charge in [0, 0.05) is 25.3 Å². The largest absolute Gasteiger partial charge is 0.370 e. The Balaban J connectivity index is 2.20. The summed E-state index contributed by atoms with van der Waals surface area (Å²) in [7, 11) is 2.03. The van der Waals surface area contributed by atoms with Crippen molar-refractivity contribution in [1.82, 2.24) is 0 Å². The highest BCUT2D eigenvalue weighted by atomic mass is 19.1. The number of nitrogens with two attached hydrogens (primary N) is 1. The summed E-state index contributed by atoms with van der Waals surface area (Å²) in [6.07, 6.45) is 0.904. The Hall–Kier alpha value is -1.87. The molecule has 1 unspecified atom stereocenters. The van der Waals surface area contributed by atoms with Crippen molar-refractivity contribution >= 4 is 5.69 Å². The molecular weight excluding hydrogens is 251 g/mol. The zero-order valence-corrected chi connectivity index (χ0v) is 12.0. The van der Waals surface area contributed by atoms with Crippen molar-refractivity contribution in [3.8, 4) is 0 Å². The molecule has 2 rings (SSSR count). The second-order valence-corrected chi connectivity index (χ2v) is 5.06. The maximum Gasteiger partial charge on any atom is 0.123 e. The predicted octanol–water partition coefficient (Wildman–Crippen LogP) is 3.87. The van der Waals surface area contributed by atoms with Crippen molar-refractivity contribution in [2.45, 2.75) is 25.9 Å². The van der Waals surface area contributed by atoms with Crippen LogP contribution in [0, 0.1) is 5.82 Å². The van der Waals surface area contributed by atoms with Gasteiger partial charge in [-0.1, -0.05) is 37.3 Å². The van der Waals surface area contributed by atoms with Gasteiger partial charge in [-0.05, 0) is 35.7 Å². The molecule has 106 valence electrons. The van der Waals surface area contributed by atoms with E-state index in [4.69, 9.17) is 5.73 Å². The van der Waals surface area contributed by atoms with Crippen molar-refractivity contribution in [3.05, 3.63) is 65.5 Å². The van der Waals surface area contributed by atoms with E-state index < -0.39 is 0 Å². The summed E-state index contributed by atoms with van der Waals surface area (Å²) in [6.45, 7) is 2.81. The van der Waals surface area contributed by atoms with E-state index in [1.165, 1.54) is 12.1 Å². The Kier molecular flexibility index (Phi) is 4.74. The van der Waals surface area contributed by atoms with Crippen molar-refractivity contribution in [2.75, 3.05) is 11.9 Å². The first kappa shape index (κ1) is 14.5. The molecule has 2 nitrogen and oxygen atoms in total. The maximum absolute atomic E-state index is 12.9. The van der Waals surface area contributed by atoms with Gasteiger partial charge >= 0.3 is 0 Å². The summed E-state index contributed by atoms with van der Waals surface area (Å²) >= 11 is 0. The van der Waals surface area contributed by atoms with Crippen LogP contribution < -0.4 is 10.6 Å². The smallest absolute Gasteiger partial charge is 0.123 e. The molecule has 3 heteroatoms. The Bertz CT molecular complexity index is 551. The van der Waals surface area contributed by atoms with Crippen LogP contribution in [0.3, 0.4) is 0 Å². The Morgan fingerprint density at radius 2 is 1.75 bits per heavy atom. The van der Waals surface area contributed by atoms with Gasteiger partial charge in [0.15, 0.2) is 0 Å². The van der Waals surface area contributed by atoms with E-state index >= 15 is 0 Å². The molecule has 2 N–H and O–H groups in total. The average Bonchev–Trinajstić information content (AvgIpc) is 2.48. The van der Waals surface area contributed by atoms with Gasteiger partial charge in [0.05, 0.1) is 0 Å². The highest BCUT2D eigenvalue weighted by Crippen LogP contribution is 2.27. The van der Waals surface area contributed by atoms with Gasteiger partial charge in [0.25, 0.3) is 0 Å². The van der Waals surface area contributed by atoms with Crippen molar-refractivity contribution in [2.24, 2.45) is 5.73 Å². The Labute approximate surface area is 120 Å². The summed E-state index contributed by atoms with van der Waals surface area (Å²) in [6, 6.07) is 14.8. The normalized spacial score (nSPS) is 12.2. The Morgan fingerprint density at radius 3 is 2.40 bits per heavy atom. The highest BCUT2D eigenvalue weighted by Gasteiger charge is 2.12. The minimum Gasteiger partial charge on any atom is -0.370 e. The van der Waals surface area contributed by atoms with Crippen LogP contribution >= 0.6 is 0 Å². The van der Waals surface area contributed by atoms with Gasteiger partial charge in [-0.25, -0.2) is 4.39 Å². The lowest BCUT2D eigenvalue weighted by atomic mass is 10.0. The van der Waals surface area contributed by atoms with Crippen LogP contribution in [0.15, 0.2) is 48.5 Å². The zero-order valence-electron chi connectivity index (χ0n) is 12.0. The topological polar surface area (TPSA) is 29.3 Å². The molecule has 0 aliphatic rings. The molecule has 20 heavy (non-hydrogen) atoms. The molecule has 0 heterocycles.